The van der Waals surface area contributed by atoms with Crippen molar-refractivity contribution >= 4 is 12.0 Å². The van der Waals surface area contributed by atoms with Crippen molar-refractivity contribution in [2.24, 2.45) is 5.92 Å². The number of amides is 2. The van der Waals surface area contributed by atoms with E-state index < -0.39 is 24.0 Å². The Morgan fingerprint density at radius 3 is 2.71 bits per heavy atom. The molecule has 7 nitrogen and oxygen atoms in total. The lowest BCUT2D eigenvalue weighted by atomic mass is 10.0. The maximum atomic E-state index is 11.7. The third-order valence-corrected chi connectivity index (χ3v) is 3.39. The van der Waals surface area contributed by atoms with Crippen LogP contribution >= 0.6 is 0 Å². The third kappa shape index (κ3) is 3.77. The first-order valence-corrected chi connectivity index (χ1v) is 6.63. The van der Waals surface area contributed by atoms with E-state index in [1.807, 2.05) is 6.07 Å². The van der Waals surface area contributed by atoms with Gasteiger partial charge in [-0.15, -0.1) is 0 Å². The van der Waals surface area contributed by atoms with Gasteiger partial charge in [0.1, 0.15) is 0 Å². The van der Waals surface area contributed by atoms with Gasteiger partial charge in [-0.3, -0.25) is 4.79 Å². The number of carboxylic acids is 1. The van der Waals surface area contributed by atoms with Gasteiger partial charge in [0.25, 0.3) is 0 Å². The molecule has 1 heterocycles. The fourth-order valence-corrected chi connectivity index (χ4v) is 1.83. The standard InChI is InChI=1S/C14H18N2O5/c1-8(13(17)18)9(2)16-14(19)15-6-10-3-4-11-12(5-10)21-7-20-11/h3-5,8-9H,6-7H2,1-2H3,(H,17,18)(H2,15,16,19). The van der Waals surface area contributed by atoms with Crippen LogP contribution in [-0.2, 0) is 11.3 Å². The van der Waals surface area contributed by atoms with E-state index >= 15 is 0 Å². The summed E-state index contributed by atoms with van der Waals surface area (Å²) in [5, 5.41) is 14.1. The Bertz CT molecular complexity index is 546. The van der Waals surface area contributed by atoms with Crippen LogP contribution in [0.25, 0.3) is 0 Å². The fraction of sp³-hybridized carbons (Fsp3) is 0.429. The highest BCUT2D eigenvalue weighted by Crippen LogP contribution is 2.32. The molecular formula is C14H18N2O5. The molecule has 1 aliphatic heterocycles. The molecule has 0 saturated carbocycles. The zero-order chi connectivity index (χ0) is 15.4. The number of ether oxygens (including phenoxy) is 2. The van der Waals surface area contributed by atoms with Gasteiger partial charge < -0.3 is 25.2 Å². The predicted octanol–water partition coefficient (Wildman–Crippen LogP) is 1.32. The normalized spacial score (nSPS) is 15.1. The monoisotopic (exact) mass is 294 g/mol. The van der Waals surface area contributed by atoms with E-state index in [4.69, 9.17) is 14.6 Å². The molecule has 1 aliphatic rings. The van der Waals surface area contributed by atoms with Gasteiger partial charge >= 0.3 is 12.0 Å². The Hall–Kier alpha value is -2.44. The smallest absolute Gasteiger partial charge is 0.315 e. The van der Waals surface area contributed by atoms with Crippen LogP contribution in [-0.4, -0.2) is 29.9 Å². The molecule has 0 fully saturated rings. The lowest BCUT2D eigenvalue weighted by Crippen LogP contribution is -2.44. The van der Waals surface area contributed by atoms with Gasteiger partial charge in [-0.2, -0.15) is 0 Å². The summed E-state index contributed by atoms with van der Waals surface area (Å²) in [6.07, 6.45) is 0. The molecule has 0 aliphatic carbocycles. The average molecular weight is 294 g/mol. The third-order valence-electron chi connectivity index (χ3n) is 3.39. The van der Waals surface area contributed by atoms with Crippen molar-refractivity contribution in [2.75, 3.05) is 6.79 Å². The van der Waals surface area contributed by atoms with Crippen molar-refractivity contribution in [3.8, 4) is 11.5 Å². The van der Waals surface area contributed by atoms with Gasteiger partial charge in [0.2, 0.25) is 6.79 Å². The van der Waals surface area contributed by atoms with Crippen molar-refractivity contribution in [1.82, 2.24) is 10.6 Å². The number of nitrogens with one attached hydrogen (secondary N) is 2. The SMILES string of the molecule is CC(NC(=O)NCc1ccc2c(c1)OCO2)C(C)C(=O)O. The molecule has 0 bridgehead atoms. The van der Waals surface area contributed by atoms with E-state index in [2.05, 4.69) is 10.6 Å². The van der Waals surface area contributed by atoms with Gasteiger partial charge in [0.15, 0.2) is 11.5 Å². The van der Waals surface area contributed by atoms with Crippen LogP contribution in [0.15, 0.2) is 18.2 Å². The second-order valence-electron chi connectivity index (χ2n) is 4.93. The molecule has 0 saturated heterocycles. The maximum Gasteiger partial charge on any atom is 0.315 e. The number of fused-ring (bicyclic) bond motifs is 1. The summed E-state index contributed by atoms with van der Waals surface area (Å²) in [7, 11) is 0. The Kier molecular flexibility index (Phi) is 4.52. The minimum absolute atomic E-state index is 0.206. The van der Waals surface area contributed by atoms with Crippen LogP contribution in [0, 0.1) is 5.92 Å². The lowest BCUT2D eigenvalue weighted by molar-refractivity contribution is -0.141. The van der Waals surface area contributed by atoms with E-state index in [0.29, 0.717) is 18.0 Å². The summed E-state index contributed by atoms with van der Waals surface area (Å²) in [5.74, 6) is -0.255. The fourth-order valence-electron chi connectivity index (χ4n) is 1.83. The molecule has 1 aromatic rings. The van der Waals surface area contributed by atoms with E-state index in [0.717, 1.165) is 5.56 Å². The summed E-state index contributed by atoms with van der Waals surface area (Å²) in [5.41, 5.74) is 0.869. The van der Waals surface area contributed by atoms with Crippen molar-refractivity contribution in [1.29, 1.82) is 0 Å². The van der Waals surface area contributed by atoms with Gasteiger partial charge in [-0.1, -0.05) is 6.07 Å². The van der Waals surface area contributed by atoms with Crippen LogP contribution in [0.5, 0.6) is 11.5 Å². The molecule has 114 valence electrons. The molecule has 2 unspecified atom stereocenters. The Labute approximate surface area is 122 Å². The maximum absolute atomic E-state index is 11.7. The van der Waals surface area contributed by atoms with Crippen molar-refractivity contribution in [3.05, 3.63) is 23.8 Å². The van der Waals surface area contributed by atoms with Crippen molar-refractivity contribution < 1.29 is 24.2 Å². The van der Waals surface area contributed by atoms with E-state index in [-0.39, 0.29) is 6.79 Å². The topological polar surface area (TPSA) is 96.9 Å². The van der Waals surface area contributed by atoms with Crippen LogP contribution < -0.4 is 20.1 Å². The van der Waals surface area contributed by atoms with E-state index in [9.17, 15) is 9.59 Å². The summed E-state index contributed by atoms with van der Waals surface area (Å²) >= 11 is 0. The first-order valence-electron chi connectivity index (χ1n) is 6.63. The zero-order valence-corrected chi connectivity index (χ0v) is 11.9. The summed E-state index contributed by atoms with van der Waals surface area (Å²) < 4.78 is 10.5. The first-order chi connectivity index (χ1) is 9.97. The van der Waals surface area contributed by atoms with Gasteiger partial charge in [-0.25, -0.2) is 4.79 Å². The Balaban J connectivity index is 1.83. The van der Waals surface area contributed by atoms with Crippen LogP contribution in [0.1, 0.15) is 19.4 Å². The minimum Gasteiger partial charge on any atom is -0.481 e. The molecule has 0 aromatic heterocycles. The molecule has 2 amide bonds. The number of carbonyl (C=O) groups is 2. The van der Waals surface area contributed by atoms with Crippen molar-refractivity contribution in [2.45, 2.75) is 26.4 Å². The molecule has 0 radical (unpaired) electrons. The first kappa shape index (κ1) is 15.0. The molecule has 1 aromatic carbocycles. The molecule has 3 N–H and O–H groups in total. The number of urea groups is 1. The highest BCUT2D eigenvalue weighted by Gasteiger charge is 2.20. The number of rotatable bonds is 5. The summed E-state index contributed by atoms with van der Waals surface area (Å²) in [6, 6.07) is 4.54. The Morgan fingerprint density at radius 1 is 1.29 bits per heavy atom. The second kappa shape index (κ2) is 6.34. The number of hydrogen-bond acceptors (Lipinski definition) is 4. The quantitative estimate of drug-likeness (QED) is 0.761. The molecule has 2 rings (SSSR count). The molecule has 7 heteroatoms. The van der Waals surface area contributed by atoms with E-state index in [1.54, 1.807) is 26.0 Å². The van der Waals surface area contributed by atoms with Crippen LogP contribution in [0.3, 0.4) is 0 Å². The Morgan fingerprint density at radius 2 is 2.00 bits per heavy atom. The van der Waals surface area contributed by atoms with Crippen LogP contribution in [0.4, 0.5) is 4.79 Å². The predicted molar refractivity (Wildman–Crippen MR) is 74.2 cm³/mol. The largest absolute Gasteiger partial charge is 0.481 e. The second-order valence-corrected chi connectivity index (χ2v) is 4.93. The number of carboxylic acid groups (broad SMARTS) is 1. The lowest BCUT2D eigenvalue weighted by Gasteiger charge is -2.18. The summed E-state index contributed by atoms with van der Waals surface area (Å²) in [4.78, 5) is 22.5. The summed E-state index contributed by atoms with van der Waals surface area (Å²) in [6.45, 7) is 3.72. The molecule has 2 atom stereocenters. The minimum atomic E-state index is -0.946. The molecule has 0 spiro atoms. The number of carbonyl (C=O) groups excluding carboxylic acids is 1. The number of aliphatic carboxylic acids is 1. The molecule has 21 heavy (non-hydrogen) atoms. The number of hydrogen-bond donors (Lipinski definition) is 3. The molecular weight excluding hydrogens is 276 g/mol. The van der Waals surface area contributed by atoms with Gasteiger partial charge in [0, 0.05) is 12.6 Å². The number of benzene rings is 1. The average Bonchev–Trinajstić information content (AvgIpc) is 2.91. The zero-order valence-electron chi connectivity index (χ0n) is 11.9. The van der Waals surface area contributed by atoms with Crippen molar-refractivity contribution in [3.63, 3.8) is 0 Å². The van der Waals surface area contributed by atoms with Gasteiger partial charge in [0.05, 0.1) is 5.92 Å². The highest BCUT2D eigenvalue weighted by molar-refractivity contribution is 5.76. The van der Waals surface area contributed by atoms with Gasteiger partial charge in [-0.05, 0) is 31.5 Å². The van der Waals surface area contributed by atoms with Crippen LogP contribution in [0.2, 0.25) is 0 Å². The van der Waals surface area contributed by atoms with E-state index in [1.165, 1.54) is 0 Å². The highest BCUT2D eigenvalue weighted by atomic mass is 16.7.